The monoisotopic (exact) mass is 282 g/mol. The molecule has 112 valence electrons. The largest absolute Gasteiger partial charge is 0.496 e. The Morgan fingerprint density at radius 1 is 1.35 bits per heavy atom. The van der Waals surface area contributed by atoms with Gasteiger partial charge in [0.1, 0.15) is 17.5 Å². The quantitative estimate of drug-likeness (QED) is 0.809. The van der Waals surface area contributed by atoms with E-state index in [4.69, 9.17) is 20.0 Å². The zero-order valence-electron chi connectivity index (χ0n) is 12.3. The van der Waals surface area contributed by atoms with Crippen LogP contribution in [0, 0.1) is 0 Å². The number of hydrogen-bond donors (Lipinski definition) is 2. The predicted octanol–water partition coefficient (Wildman–Crippen LogP) is 2.15. The zero-order valence-corrected chi connectivity index (χ0v) is 12.3. The number of carbonyl (C=O) groups is 1. The average Bonchev–Trinajstić information content (AvgIpc) is 2.38. The normalized spacial score (nSPS) is 12.7. The van der Waals surface area contributed by atoms with Crippen molar-refractivity contribution in [1.29, 1.82) is 0 Å². The molecule has 3 N–H and O–H groups in total. The Balaban J connectivity index is 2.66. The van der Waals surface area contributed by atoms with Crippen molar-refractivity contribution in [1.82, 2.24) is 5.48 Å². The van der Waals surface area contributed by atoms with E-state index in [9.17, 15) is 4.79 Å². The first kappa shape index (κ1) is 16.3. The van der Waals surface area contributed by atoms with Gasteiger partial charge in [-0.05, 0) is 26.8 Å². The Morgan fingerprint density at radius 2 is 2.00 bits per heavy atom. The van der Waals surface area contributed by atoms with Gasteiger partial charge in [0.25, 0.3) is 0 Å². The Kier molecular flexibility index (Phi) is 5.79. The fourth-order valence-electron chi connectivity index (χ4n) is 1.59. The molecule has 1 aromatic rings. The fraction of sp³-hybridized carbons (Fsp3) is 0.500. The number of ether oxygens (including phenoxy) is 2. The summed E-state index contributed by atoms with van der Waals surface area (Å²) in [4.78, 5) is 16.8. The van der Waals surface area contributed by atoms with Gasteiger partial charge in [-0.15, -0.1) is 0 Å². The third-order valence-corrected chi connectivity index (χ3v) is 2.38. The van der Waals surface area contributed by atoms with E-state index in [1.54, 1.807) is 33.9 Å². The lowest BCUT2D eigenvalue weighted by Crippen LogP contribution is -2.34. The molecule has 6 heteroatoms. The lowest BCUT2D eigenvalue weighted by atomic mass is 10.1. The van der Waals surface area contributed by atoms with Crippen molar-refractivity contribution in [3.63, 3.8) is 0 Å². The third-order valence-electron chi connectivity index (χ3n) is 2.38. The molecule has 1 unspecified atom stereocenters. The second kappa shape index (κ2) is 7.12. The fourth-order valence-corrected chi connectivity index (χ4v) is 1.59. The SMILES string of the molecule is COc1ccccc1C(CN)ONC(=O)OC(C)(C)C. The topological polar surface area (TPSA) is 82.8 Å². The van der Waals surface area contributed by atoms with Crippen molar-refractivity contribution < 1.29 is 19.1 Å². The van der Waals surface area contributed by atoms with E-state index in [1.807, 2.05) is 18.2 Å². The van der Waals surface area contributed by atoms with Gasteiger partial charge in [0, 0.05) is 12.1 Å². The van der Waals surface area contributed by atoms with Crippen LogP contribution in [0.5, 0.6) is 5.75 Å². The smallest absolute Gasteiger partial charge is 0.431 e. The Morgan fingerprint density at radius 3 is 2.55 bits per heavy atom. The van der Waals surface area contributed by atoms with E-state index < -0.39 is 17.8 Å². The number of hydroxylamine groups is 1. The highest BCUT2D eigenvalue weighted by Crippen LogP contribution is 2.26. The summed E-state index contributed by atoms with van der Waals surface area (Å²) in [6.45, 7) is 5.50. The number of nitrogens with one attached hydrogen (secondary N) is 1. The molecule has 0 spiro atoms. The lowest BCUT2D eigenvalue weighted by molar-refractivity contribution is -0.0409. The third kappa shape index (κ3) is 5.07. The highest BCUT2D eigenvalue weighted by atomic mass is 16.7. The Bertz CT molecular complexity index is 443. The number of methoxy groups -OCH3 is 1. The summed E-state index contributed by atoms with van der Waals surface area (Å²) in [6.07, 6.45) is -1.18. The first-order valence-corrected chi connectivity index (χ1v) is 6.35. The summed E-state index contributed by atoms with van der Waals surface area (Å²) in [5.41, 5.74) is 8.08. The van der Waals surface area contributed by atoms with Crippen LogP contribution in [0.25, 0.3) is 0 Å². The van der Waals surface area contributed by atoms with E-state index >= 15 is 0 Å². The van der Waals surface area contributed by atoms with E-state index in [0.29, 0.717) is 5.75 Å². The van der Waals surface area contributed by atoms with Crippen LogP contribution in [0.3, 0.4) is 0 Å². The standard InChI is InChI=1S/C14H22N2O4/c1-14(2,3)19-13(17)16-20-12(9-15)10-7-5-6-8-11(10)18-4/h5-8,12H,9,15H2,1-4H3,(H,16,17). The van der Waals surface area contributed by atoms with Gasteiger partial charge in [0.2, 0.25) is 0 Å². The molecular weight excluding hydrogens is 260 g/mol. The Labute approximate surface area is 119 Å². The van der Waals surface area contributed by atoms with Crippen LogP contribution in [0.1, 0.15) is 32.4 Å². The van der Waals surface area contributed by atoms with Crippen LogP contribution >= 0.6 is 0 Å². The second-order valence-corrected chi connectivity index (χ2v) is 5.19. The van der Waals surface area contributed by atoms with Crippen molar-refractivity contribution >= 4 is 6.09 Å². The summed E-state index contributed by atoms with van der Waals surface area (Å²) in [7, 11) is 1.56. The number of amides is 1. The van der Waals surface area contributed by atoms with E-state index in [1.165, 1.54) is 0 Å². The molecule has 0 aliphatic rings. The summed E-state index contributed by atoms with van der Waals surface area (Å²) >= 11 is 0. The second-order valence-electron chi connectivity index (χ2n) is 5.19. The number of nitrogens with two attached hydrogens (primary N) is 1. The van der Waals surface area contributed by atoms with E-state index in [0.717, 1.165) is 5.56 Å². The first-order chi connectivity index (χ1) is 9.37. The van der Waals surface area contributed by atoms with Gasteiger partial charge in [0.15, 0.2) is 0 Å². The number of carbonyl (C=O) groups excluding carboxylic acids is 1. The minimum absolute atomic E-state index is 0.191. The van der Waals surface area contributed by atoms with Gasteiger partial charge in [0.05, 0.1) is 7.11 Å². The molecular formula is C14H22N2O4. The van der Waals surface area contributed by atoms with Crippen LogP contribution < -0.4 is 16.0 Å². The van der Waals surface area contributed by atoms with Gasteiger partial charge < -0.3 is 15.2 Å². The lowest BCUT2D eigenvalue weighted by Gasteiger charge is -2.22. The van der Waals surface area contributed by atoms with Crippen LogP contribution in [-0.2, 0) is 9.57 Å². The van der Waals surface area contributed by atoms with Crippen LogP contribution in [0.2, 0.25) is 0 Å². The number of rotatable bonds is 5. The highest BCUT2D eigenvalue weighted by molar-refractivity contribution is 5.66. The molecule has 0 saturated carbocycles. The van der Waals surface area contributed by atoms with Crippen molar-refractivity contribution in [2.75, 3.05) is 13.7 Å². The first-order valence-electron chi connectivity index (χ1n) is 6.35. The summed E-state index contributed by atoms with van der Waals surface area (Å²) in [5.74, 6) is 0.647. The summed E-state index contributed by atoms with van der Waals surface area (Å²) in [5, 5.41) is 0. The van der Waals surface area contributed by atoms with Crippen molar-refractivity contribution in [3.8, 4) is 5.75 Å². The highest BCUT2D eigenvalue weighted by Gasteiger charge is 2.20. The van der Waals surface area contributed by atoms with Gasteiger partial charge in [-0.1, -0.05) is 18.2 Å². The molecule has 0 aromatic heterocycles. The molecule has 1 aromatic carbocycles. The van der Waals surface area contributed by atoms with Crippen molar-refractivity contribution in [2.24, 2.45) is 5.73 Å². The molecule has 0 heterocycles. The molecule has 0 saturated heterocycles. The maximum atomic E-state index is 11.5. The van der Waals surface area contributed by atoms with Gasteiger partial charge >= 0.3 is 6.09 Å². The molecule has 0 bridgehead atoms. The number of hydrogen-bond acceptors (Lipinski definition) is 5. The molecule has 1 amide bonds. The molecule has 0 fully saturated rings. The summed E-state index contributed by atoms with van der Waals surface area (Å²) in [6, 6.07) is 7.32. The van der Waals surface area contributed by atoms with Crippen LogP contribution in [-0.4, -0.2) is 25.3 Å². The minimum Gasteiger partial charge on any atom is -0.496 e. The van der Waals surface area contributed by atoms with Gasteiger partial charge in [-0.2, -0.15) is 5.48 Å². The zero-order chi connectivity index (χ0) is 15.2. The molecule has 20 heavy (non-hydrogen) atoms. The molecule has 0 radical (unpaired) electrons. The van der Waals surface area contributed by atoms with Crippen LogP contribution in [0.15, 0.2) is 24.3 Å². The average molecular weight is 282 g/mol. The van der Waals surface area contributed by atoms with Crippen LogP contribution in [0.4, 0.5) is 4.79 Å². The predicted molar refractivity (Wildman–Crippen MR) is 75.2 cm³/mol. The molecule has 1 rings (SSSR count). The molecule has 0 aliphatic carbocycles. The van der Waals surface area contributed by atoms with Crippen molar-refractivity contribution in [3.05, 3.63) is 29.8 Å². The number of benzene rings is 1. The van der Waals surface area contributed by atoms with Crippen molar-refractivity contribution in [2.45, 2.75) is 32.5 Å². The molecule has 6 nitrogen and oxygen atoms in total. The maximum Gasteiger partial charge on any atom is 0.431 e. The van der Waals surface area contributed by atoms with E-state index in [2.05, 4.69) is 5.48 Å². The van der Waals surface area contributed by atoms with Gasteiger partial charge in [-0.3, -0.25) is 4.84 Å². The maximum absolute atomic E-state index is 11.5. The summed E-state index contributed by atoms with van der Waals surface area (Å²) < 4.78 is 10.3. The van der Waals surface area contributed by atoms with Gasteiger partial charge in [-0.25, -0.2) is 4.79 Å². The molecule has 1 atom stereocenters. The van der Waals surface area contributed by atoms with E-state index in [-0.39, 0.29) is 6.54 Å². The molecule has 0 aliphatic heterocycles. The Hall–Kier alpha value is -1.79. The number of para-hydroxylation sites is 1. The minimum atomic E-state index is -0.661.